The Kier molecular flexibility index (Phi) is 7.93. The maximum atomic E-state index is 12.4. The molecule has 0 bridgehead atoms. The van der Waals surface area contributed by atoms with Crippen LogP contribution in [0, 0.1) is 0 Å². The lowest BCUT2D eigenvalue weighted by Crippen LogP contribution is -2.51. The van der Waals surface area contributed by atoms with Crippen molar-refractivity contribution >= 4 is 11.8 Å². The normalized spacial score (nSPS) is 22.1. The van der Waals surface area contributed by atoms with E-state index in [4.69, 9.17) is 4.74 Å². The standard InChI is InChI=1S/C23H29N3O4/c1-16(17-7-3-2-4-8-17)25-23(29)14-19-10-11-20(21(15-27)30-19)26-22(28)13-18-9-5-6-12-24-18/h2-9,12,16,19-21,27H,10-11,13-15H2,1H3,(H,25,29)(H,26,28)/t16-,19-,20-,21-/m0/s1. The van der Waals surface area contributed by atoms with E-state index in [1.807, 2.05) is 43.3 Å². The second kappa shape index (κ2) is 10.8. The van der Waals surface area contributed by atoms with E-state index < -0.39 is 6.10 Å². The number of carbonyl (C=O) groups is 2. The van der Waals surface area contributed by atoms with E-state index in [0.29, 0.717) is 18.5 Å². The van der Waals surface area contributed by atoms with Crippen molar-refractivity contribution in [3.05, 3.63) is 66.0 Å². The third kappa shape index (κ3) is 6.37. The summed E-state index contributed by atoms with van der Waals surface area (Å²) in [5.74, 6) is -0.251. The highest BCUT2D eigenvalue weighted by molar-refractivity contribution is 5.78. The zero-order chi connectivity index (χ0) is 21.3. The van der Waals surface area contributed by atoms with Gasteiger partial charge in [0.25, 0.3) is 0 Å². The minimum atomic E-state index is -0.532. The quantitative estimate of drug-likeness (QED) is 0.616. The van der Waals surface area contributed by atoms with Crippen molar-refractivity contribution in [3.63, 3.8) is 0 Å². The van der Waals surface area contributed by atoms with Crippen LogP contribution in [0.4, 0.5) is 0 Å². The lowest BCUT2D eigenvalue weighted by atomic mass is 9.96. The molecule has 0 saturated carbocycles. The number of pyridine rings is 1. The molecule has 4 atom stereocenters. The number of nitrogens with zero attached hydrogens (tertiary/aromatic N) is 1. The number of nitrogens with one attached hydrogen (secondary N) is 2. The highest BCUT2D eigenvalue weighted by Crippen LogP contribution is 2.22. The van der Waals surface area contributed by atoms with E-state index in [-0.39, 0.29) is 49.5 Å². The Morgan fingerprint density at radius 1 is 1.13 bits per heavy atom. The first-order valence-corrected chi connectivity index (χ1v) is 10.3. The molecule has 3 N–H and O–H groups in total. The molecule has 1 aromatic carbocycles. The number of rotatable bonds is 8. The van der Waals surface area contributed by atoms with Crippen LogP contribution >= 0.6 is 0 Å². The third-order valence-electron chi connectivity index (χ3n) is 5.30. The number of hydrogen-bond acceptors (Lipinski definition) is 5. The average Bonchev–Trinajstić information content (AvgIpc) is 2.76. The van der Waals surface area contributed by atoms with Crippen molar-refractivity contribution in [2.24, 2.45) is 0 Å². The molecule has 30 heavy (non-hydrogen) atoms. The first kappa shape index (κ1) is 21.9. The van der Waals surface area contributed by atoms with Gasteiger partial charge in [-0.2, -0.15) is 0 Å². The number of aliphatic hydroxyl groups excluding tert-OH is 1. The summed E-state index contributed by atoms with van der Waals surface area (Å²) >= 11 is 0. The van der Waals surface area contributed by atoms with Crippen LogP contribution in [0.5, 0.6) is 0 Å². The van der Waals surface area contributed by atoms with Gasteiger partial charge in [-0.15, -0.1) is 0 Å². The fourth-order valence-electron chi connectivity index (χ4n) is 3.70. The molecule has 0 spiro atoms. The van der Waals surface area contributed by atoms with E-state index >= 15 is 0 Å². The fourth-order valence-corrected chi connectivity index (χ4v) is 3.70. The molecule has 1 aliphatic rings. The van der Waals surface area contributed by atoms with Gasteiger partial charge in [-0.05, 0) is 37.5 Å². The van der Waals surface area contributed by atoms with E-state index in [2.05, 4.69) is 15.6 Å². The van der Waals surface area contributed by atoms with Crippen molar-refractivity contribution in [1.29, 1.82) is 0 Å². The molecule has 2 heterocycles. The number of aliphatic hydroxyl groups is 1. The Bertz CT molecular complexity index is 816. The zero-order valence-corrected chi connectivity index (χ0v) is 17.2. The molecule has 7 heteroatoms. The Labute approximate surface area is 176 Å². The molecule has 0 aliphatic carbocycles. The first-order chi connectivity index (χ1) is 14.5. The smallest absolute Gasteiger partial charge is 0.226 e. The summed E-state index contributed by atoms with van der Waals surface area (Å²) in [6, 6.07) is 14.8. The van der Waals surface area contributed by atoms with Crippen LogP contribution in [-0.4, -0.2) is 46.8 Å². The largest absolute Gasteiger partial charge is 0.394 e. The van der Waals surface area contributed by atoms with E-state index in [1.54, 1.807) is 18.3 Å². The molecule has 1 saturated heterocycles. The number of ether oxygens (including phenoxy) is 1. The molecule has 1 aliphatic heterocycles. The predicted octanol–water partition coefficient (Wildman–Crippen LogP) is 1.92. The van der Waals surface area contributed by atoms with E-state index in [9.17, 15) is 14.7 Å². The zero-order valence-electron chi connectivity index (χ0n) is 17.2. The van der Waals surface area contributed by atoms with Gasteiger partial charge in [0.15, 0.2) is 0 Å². The summed E-state index contributed by atoms with van der Waals surface area (Å²) in [6.45, 7) is 1.73. The molecule has 0 unspecified atom stereocenters. The van der Waals surface area contributed by atoms with Crippen LogP contribution < -0.4 is 10.6 Å². The van der Waals surface area contributed by atoms with Gasteiger partial charge in [0.05, 0.1) is 37.6 Å². The van der Waals surface area contributed by atoms with Crippen LogP contribution in [0.2, 0.25) is 0 Å². The number of aromatic nitrogens is 1. The minimum absolute atomic E-state index is 0.0884. The van der Waals surface area contributed by atoms with Crippen molar-refractivity contribution < 1.29 is 19.4 Å². The Hall–Kier alpha value is -2.77. The van der Waals surface area contributed by atoms with Gasteiger partial charge in [0, 0.05) is 11.9 Å². The second-order valence-corrected chi connectivity index (χ2v) is 7.63. The van der Waals surface area contributed by atoms with Gasteiger partial charge in [-0.1, -0.05) is 36.4 Å². The van der Waals surface area contributed by atoms with Crippen LogP contribution in [0.25, 0.3) is 0 Å². The second-order valence-electron chi connectivity index (χ2n) is 7.63. The van der Waals surface area contributed by atoms with E-state index in [1.165, 1.54) is 0 Å². The first-order valence-electron chi connectivity index (χ1n) is 10.3. The Balaban J connectivity index is 1.46. The average molecular weight is 412 g/mol. The lowest BCUT2D eigenvalue weighted by Gasteiger charge is -2.36. The van der Waals surface area contributed by atoms with Crippen molar-refractivity contribution in [2.75, 3.05) is 6.61 Å². The number of carbonyl (C=O) groups excluding carboxylic acids is 2. The lowest BCUT2D eigenvalue weighted by molar-refractivity contribution is -0.136. The monoisotopic (exact) mass is 411 g/mol. The highest BCUT2D eigenvalue weighted by Gasteiger charge is 2.33. The van der Waals surface area contributed by atoms with Crippen molar-refractivity contribution in [1.82, 2.24) is 15.6 Å². The van der Waals surface area contributed by atoms with Gasteiger partial charge >= 0.3 is 0 Å². The topological polar surface area (TPSA) is 101 Å². The molecule has 7 nitrogen and oxygen atoms in total. The van der Waals surface area contributed by atoms with Crippen LogP contribution in [-0.2, 0) is 20.7 Å². The SMILES string of the molecule is C[C@H](NC(=O)C[C@@H]1CC[C@H](NC(=O)Cc2ccccn2)[C@H](CO)O1)c1ccccc1. The number of amides is 2. The predicted molar refractivity (Wildman–Crippen MR) is 112 cm³/mol. The maximum Gasteiger partial charge on any atom is 0.226 e. The molecular weight excluding hydrogens is 382 g/mol. The molecule has 1 aromatic heterocycles. The van der Waals surface area contributed by atoms with Crippen molar-refractivity contribution in [2.45, 2.75) is 56.9 Å². The van der Waals surface area contributed by atoms with Crippen molar-refractivity contribution in [3.8, 4) is 0 Å². The van der Waals surface area contributed by atoms with Crippen LogP contribution in [0.1, 0.15) is 43.5 Å². The van der Waals surface area contributed by atoms with Crippen LogP contribution in [0.15, 0.2) is 54.7 Å². The molecule has 0 radical (unpaired) electrons. The van der Waals surface area contributed by atoms with Gasteiger partial charge in [0.2, 0.25) is 11.8 Å². The molecule has 2 amide bonds. The molecule has 1 fully saturated rings. The number of benzene rings is 1. The van der Waals surface area contributed by atoms with Gasteiger partial charge in [0.1, 0.15) is 6.10 Å². The van der Waals surface area contributed by atoms with Gasteiger partial charge in [-0.25, -0.2) is 0 Å². The summed E-state index contributed by atoms with van der Waals surface area (Å²) < 4.78 is 5.92. The Morgan fingerprint density at radius 2 is 1.90 bits per heavy atom. The van der Waals surface area contributed by atoms with Gasteiger partial charge < -0.3 is 20.5 Å². The minimum Gasteiger partial charge on any atom is -0.394 e. The fraction of sp³-hybridized carbons (Fsp3) is 0.435. The third-order valence-corrected chi connectivity index (χ3v) is 5.30. The Morgan fingerprint density at radius 3 is 2.60 bits per heavy atom. The molecule has 160 valence electrons. The summed E-state index contributed by atoms with van der Waals surface area (Å²) in [6.07, 6.45) is 2.52. The molecule has 2 aromatic rings. The van der Waals surface area contributed by atoms with E-state index in [0.717, 1.165) is 5.56 Å². The highest BCUT2D eigenvalue weighted by atomic mass is 16.5. The summed E-state index contributed by atoms with van der Waals surface area (Å²) in [5.41, 5.74) is 1.73. The summed E-state index contributed by atoms with van der Waals surface area (Å²) in [7, 11) is 0. The maximum absolute atomic E-state index is 12.4. The molecular formula is C23H29N3O4. The van der Waals surface area contributed by atoms with Crippen LogP contribution in [0.3, 0.4) is 0 Å². The number of hydrogen-bond donors (Lipinski definition) is 3. The van der Waals surface area contributed by atoms with Gasteiger partial charge in [-0.3, -0.25) is 14.6 Å². The summed E-state index contributed by atoms with van der Waals surface area (Å²) in [4.78, 5) is 28.9. The summed E-state index contributed by atoms with van der Waals surface area (Å²) in [5, 5.41) is 15.6. The molecule has 3 rings (SSSR count).